The summed E-state index contributed by atoms with van der Waals surface area (Å²) in [5, 5.41) is 14.9. The molecule has 22 heavy (non-hydrogen) atoms. The first-order valence-corrected chi connectivity index (χ1v) is 6.73. The molecule has 0 unspecified atom stereocenters. The van der Waals surface area contributed by atoms with Crippen molar-refractivity contribution in [2.75, 3.05) is 0 Å². The molecule has 2 rings (SSSR count). The molecule has 0 saturated heterocycles. The Morgan fingerprint density at radius 3 is 2.64 bits per heavy atom. The number of hydrogen-bond acceptors (Lipinski definition) is 4. The Morgan fingerprint density at radius 1 is 1.27 bits per heavy atom. The number of carbonyl (C=O) groups is 1. The average Bonchev–Trinajstić information content (AvgIpc) is 2.48. The summed E-state index contributed by atoms with van der Waals surface area (Å²) in [4.78, 5) is 21.7. The van der Waals surface area contributed by atoms with Crippen LogP contribution in [0.2, 0.25) is 5.02 Å². The van der Waals surface area contributed by atoms with E-state index in [1.165, 1.54) is 18.3 Å². The van der Waals surface area contributed by atoms with Gasteiger partial charge in [0.25, 0.3) is 5.69 Å². The molecule has 0 fully saturated rings. The molecule has 0 aliphatic carbocycles. The quantitative estimate of drug-likeness (QED) is 0.522. The highest BCUT2D eigenvalue weighted by Gasteiger charge is 2.06. The summed E-state index contributed by atoms with van der Waals surface area (Å²) >= 11 is 5.83. The molecule has 0 radical (unpaired) electrons. The van der Waals surface area contributed by atoms with Crippen molar-refractivity contribution in [3.63, 3.8) is 0 Å². The number of halogens is 1. The zero-order chi connectivity index (χ0) is 15.9. The normalized spacial score (nSPS) is 10.6. The number of hydrogen-bond donors (Lipinski definition) is 1. The molecule has 2 aromatic rings. The third kappa shape index (κ3) is 4.68. The van der Waals surface area contributed by atoms with Gasteiger partial charge in [-0.3, -0.25) is 14.9 Å². The molecule has 0 bridgehead atoms. The van der Waals surface area contributed by atoms with Gasteiger partial charge in [-0.25, -0.2) is 5.43 Å². The van der Waals surface area contributed by atoms with Gasteiger partial charge in [0, 0.05) is 17.2 Å². The summed E-state index contributed by atoms with van der Waals surface area (Å²) in [6, 6.07) is 12.8. The second-order valence-electron chi connectivity index (χ2n) is 4.45. The van der Waals surface area contributed by atoms with E-state index in [0.29, 0.717) is 10.6 Å². The van der Waals surface area contributed by atoms with E-state index in [4.69, 9.17) is 11.6 Å². The summed E-state index contributed by atoms with van der Waals surface area (Å²) in [6.07, 6.45) is 1.57. The van der Waals surface area contributed by atoms with Crippen LogP contribution in [-0.2, 0) is 11.2 Å². The van der Waals surface area contributed by atoms with Crippen LogP contribution in [0.15, 0.2) is 53.6 Å². The van der Waals surface area contributed by atoms with Crippen molar-refractivity contribution >= 4 is 29.4 Å². The molecule has 112 valence electrons. The number of nitrogens with zero attached hydrogens (tertiary/aromatic N) is 2. The van der Waals surface area contributed by atoms with Gasteiger partial charge in [0.2, 0.25) is 5.91 Å². The monoisotopic (exact) mass is 317 g/mol. The maximum atomic E-state index is 11.7. The van der Waals surface area contributed by atoms with Crippen molar-refractivity contribution in [3.8, 4) is 0 Å². The van der Waals surface area contributed by atoms with Gasteiger partial charge >= 0.3 is 0 Å². The molecular formula is C15H12ClN3O3. The predicted molar refractivity (Wildman–Crippen MR) is 84.0 cm³/mol. The van der Waals surface area contributed by atoms with Gasteiger partial charge in [0.15, 0.2) is 0 Å². The van der Waals surface area contributed by atoms with Crippen molar-refractivity contribution in [2.45, 2.75) is 6.42 Å². The zero-order valence-electron chi connectivity index (χ0n) is 11.4. The van der Waals surface area contributed by atoms with Crippen LogP contribution in [0.3, 0.4) is 0 Å². The lowest BCUT2D eigenvalue weighted by atomic mass is 10.1. The van der Waals surface area contributed by atoms with Crippen LogP contribution in [0.4, 0.5) is 5.69 Å². The van der Waals surface area contributed by atoms with Crippen LogP contribution >= 0.6 is 11.6 Å². The lowest BCUT2D eigenvalue weighted by molar-refractivity contribution is -0.384. The van der Waals surface area contributed by atoms with E-state index in [9.17, 15) is 14.9 Å². The fourth-order valence-electron chi connectivity index (χ4n) is 1.73. The molecule has 7 heteroatoms. The Hall–Kier alpha value is -2.73. The Bertz CT molecular complexity index is 714. The fourth-order valence-corrected chi connectivity index (χ4v) is 1.92. The molecular weight excluding hydrogens is 306 g/mol. The van der Waals surface area contributed by atoms with E-state index in [2.05, 4.69) is 10.5 Å². The Kier molecular flexibility index (Phi) is 5.21. The smallest absolute Gasteiger partial charge is 0.269 e. The fraction of sp³-hybridized carbons (Fsp3) is 0.0667. The third-order valence-electron chi connectivity index (χ3n) is 2.76. The van der Waals surface area contributed by atoms with Crippen molar-refractivity contribution in [1.29, 1.82) is 0 Å². The highest BCUT2D eigenvalue weighted by atomic mass is 35.5. The Morgan fingerprint density at radius 2 is 2.00 bits per heavy atom. The molecule has 0 atom stereocenters. The summed E-state index contributed by atoms with van der Waals surface area (Å²) in [7, 11) is 0. The molecule has 0 aliphatic rings. The number of hydrazone groups is 1. The van der Waals surface area contributed by atoms with Crippen LogP contribution in [0.25, 0.3) is 0 Å². The van der Waals surface area contributed by atoms with E-state index in [0.717, 1.165) is 5.56 Å². The Balaban J connectivity index is 1.89. The lowest BCUT2D eigenvalue weighted by Crippen LogP contribution is -2.19. The van der Waals surface area contributed by atoms with Gasteiger partial charge in [-0.15, -0.1) is 0 Å². The first-order chi connectivity index (χ1) is 10.5. The summed E-state index contributed by atoms with van der Waals surface area (Å²) in [6.45, 7) is 0. The number of carbonyl (C=O) groups excluding carboxylic acids is 1. The summed E-state index contributed by atoms with van der Waals surface area (Å²) < 4.78 is 0. The number of non-ortho nitro benzene ring substituents is 1. The number of nitro benzene ring substituents is 1. The standard InChI is InChI=1S/C15H12ClN3O3/c16-13-3-1-2-12(8-13)10-17-18-15(20)9-11-4-6-14(7-5-11)19(21)22/h1-8,10H,9H2,(H,18,20)/b17-10+. The second-order valence-corrected chi connectivity index (χ2v) is 4.88. The highest BCUT2D eigenvalue weighted by Crippen LogP contribution is 2.12. The first-order valence-electron chi connectivity index (χ1n) is 6.35. The van der Waals surface area contributed by atoms with Gasteiger partial charge in [-0.05, 0) is 23.3 Å². The molecule has 1 amide bonds. The molecule has 0 aliphatic heterocycles. The second kappa shape index (κ2) is 7.33. The van der Waals surface area contributed by atoms with Crippen molar-refractivity contribution in [2.24, 2.45) is 5.10 Å². The molecule has 1 N–H and O–H groups in total. The number of benzene rings is 2. The van der Waals surface area contributed by atoms with Crippen molar-refractivity contribution < 1.29 is 9.72 Å². The van der Waals surface area contributed by atoms with E-state index >= 15 is 0 Å². The summed E-state index contributed by atoms with van der Waals surface area (Å²) in [5.74, 6) is -0.313. The topological polar surface area (TPSA) is 84.6 Å². The highest BCUT2D eigenvalue weighted by molar-refractivity contribution is 6.30. The SMILES string of the molecule is O=C(Cc1ccc([N+](=O)[O-])cc1)N/N=C/c1cccc(Cl)c1. The summed E-state index contributed by atoms with van der Waals surface area (Å²) in [5.41, 5.74) is 3.81. The van der Waals surface area contributed by atoms with Crippen LogP contribution in [0, 0.1) is 10.1 Å². The van der Waals surface area contributed by atoms with Gasteiger partial charge in [-0.2, -0.15) is 5.10 Å². The number of amides is 1. The third-order valence-corrected chi connectivity index (χ3v) is 3.00. The average molecular weight is 318 g/mol. The maximum Gasteiger partial charge on any atom is 0.269 e. The van der Waals surface area contributed by atoms with Crippen LogP contribution < -0.4 is 5.43 Å². The number of rotatable bonds is 5. The minimum atomic E-state index is -0.487. The number of nitro groups is 1. The van der Waals surface area contributed by atoms with E-state index in [1.807, 2.05) is 0 Å². The zero-order valence-corrected chi connectivity index (χ0v) is 12.2. The van der Waals surface area contributed by atoms with Gasteiger partial charge in [-0.1, -0.05) is 35.9 Å². The Labute approximate surface area is 131 Å². The van der Waals surface area contributed by atoms with Gasteiger partial charge in [0.1, 0.15) is 0 Å². The first kappa shape index (κ1) is 15.7. The van der Waals surface area contributed by atoms with E-state index in [1.54, 1.807) is 36.4 Å². The maximum absolute atomic E-state index is 11.7. The van der Waals surface area contributed by atoms with Crippen LogP contribution in [0.5, 0.6) is 0 Å². The molecule has 0 spiro atoms. The van der Waals surface area contributed by atoms with Gasteiger partial charge < -0.3 is 0 Å². The largest absolute Gasteiger partial charge is 0.273 e. The molecule has 6 nitrogen and oxygen atoms in total. The van der Waals surface area contributed by atoms with E-state index < -0.39 is 4.92 Å². The van der Waals surface area contributed by atoms with Crippen LogP contribution in [0.1, 0.15) is 11.1 Å². The molecule has 2 aromatic carbocycles. The minimum Gasteiger partial charge on any atom is -0.273 e. The van der Waals surface area contributed by atoms with Crippen molar-refractivity contribution in [3.05, 3.63) is 74.8 Å². The predicted octanol–water partition coefficient (Wildman–Crippen LogP) is 2.94. The molecule has 0 saturated carbocycles. The van der Waals surface area contributed by atoms with Gasteiger partial charge in [0.05, 0.1) is 17.6 Å². The van der Waals surface area contributed by atoms with Crippen molar-refractivity contribution in [1.82, 2.24) is 5.43 Å². The van der Waals surface area contributed by atoms with E-state index in [-0.39, 0.29) is 18.0 Å². The number of nitrogens with one attached hydrogen (secondary N) is 1. The minimum absolute atomic E-state index is 0.0110. The molecule has 0 heterocycles. The molecule has 0 aromatic heterocycles. The van der Waals surface area contributed by atoms with Crippen LogP contribution in [-0.4, -0.2) is 17.0 Å². The lowest BCUT2D eigenvalue weighted by Gasteiger charge is -2.00.